The number of hydrogen-bond donors (Lipinski definition) is 0. The van der Waals surface area contributed by atoms with Crippen LogP contribution in [0.5, 0.6) is 0 Å². The summed E-state index contributed by atoms with van der Waals surface area (Å²) in [6.45, 7) is 9.76. The van der Waals surface area contributed by atoms with Crippen LogP contribution >= 0.6 is 0 Å². The van der Waals surface area contributed by atoms with E-state index in [1.165, 1.54) is 5.56 Å². The number of benzene rings is 1. The fourth-order valence-corrected chi connectivity index (χ4v) is 3.87. The first-order chi connectivity index (χ1) is 8.96. The third-order valence-electron chi connectivity index (χ3n) is 5.59. The van der Waals surface area contributed by atoms with E-state index in [1.54, 1.807) is 0 Å². The van der Waals surface area contributed by atoms with Crippen LogP contribution in [-0.2, 0) is 16.1 Å². The van der Waals surface area contributed by atoms with Crippen LogP contribution in [0.2, 0.25) is 0 Å². The molecule has 0 aromatic heterocycles. The van der Waals surface area contributed by atoms with Gasteiger partial charge in [0.2, 0.25) is 0 Å². The molecule has 1 aromatic rings. The summed E-state index contributed by atoms with van der Waals surface area (Å²) in [5.74, 6) is 1.15. The average Bonchev–Trinajstić information content (AvgIpc) is 2.77. The molecule has 2 heterocycles. The number of fused-ring (bicyclic) bond motifs is 2. The first-order valence-corrected chi connectivity index (χ1v) is 7.31. The molecule has 3 rings (SSSR count). The van der Waals surface area contributed by atoms with E-state index < -0.39 is 0 Å². The van der Waals surface area contributed by atoms with Crippen molar-refractivity contribution in [3.63, 3.8) is 0 Å². The third kappa shape index (κ3) is 1.93. The molecule has 1 aromatic carbocycles. The lowest BCUT2D eigenvalue weighted by atomic mass is 9.68. The molecule has 0 amide bonds. The van der Waals surface area contributed by atoms with Crippen molar-refractivity contribution in [3.8, 4) is 0 Å². The van der Waals surface area contributed by atoms with Crippen LogP contribution in [0.1, 0.15) is 39.7 Å². The molecule has 0 N–H and O–H groups in total. The van der Waals surface area contributed by atoms with Gasteiger partial charge in [0, 0.05) is 6.42 Å². The average molecular weight is 260 g/mol. The summed E-state index contributed by atoms with van der Waals surface area (Å²) >= 11 is 0. The highest BCUT2D eigenvalue weighted by Crippen LogP contribution is 2.57. The molecule has 0 aliphatic carbocycles. The maximum absolute atomic E-state index is 6.35. The van der Waals surface area contributed by atoms with Gasteiger partial charge in [0.15, 0.2) is 0 Å². The Kier molecular flexibility index (Phi) is 2.99. The van der Waals surface area contributed by atoms with Gasteiger partial charge in [-0.1, -0.05) is 44.2 Å². The number of rotatable bonds is 3. The van der Waals surface area contributed by atoms with Gasteiger partial charge in [0.05, 0.1) is 23.9 Å². The summed E-state index contributed by atoms with van der Waals surface area (Å²) in [7, 11) is 0. The summed E-state index contributed by atoms with van der Waals surface area (Å²) < 4.78 is 12.5. The number of hydrogen-bond acceptors (Lipinski definition) is 2. The molecule has 2 nitrogen and oxygen atoms in total. The minimum atomic E-state index is -0.122. The van der Waals surface area contributed by atoms with Crippen molar-refractivity contribution in [2.45, 2.75) is 58.0 Å². The van der Waals surface area contributed by atoms with Crippen LogP contribution in [0.4, 0.5) is 0 Å². The van der Waals surface area contributed by atoms with Crippen molar-refractivity contribution < 1.29 is 9.47 Å². The molecule has 2 bridgehead atoms. The van der Waals surface area contributed by atoms with Crippen LogP contribution in [0.15, 0.2) is 30.3 Å². The van der Waals surface area contributed by atoms with Crippen molar-refractivity contribution in [1.29, 1.82) is 0 Å². The van der Waals surface area contributed by atoms with Gasteiger partial charge in [-0.2, -0.15) is 0 Å². The summed E-state index contributed by atoms with van der Waals surface area (Å²) in [5.41, 5.74) is 1.11. The molecule has 2 aliphatic heterocycles. The predicted molar refractivity (Wildman–Crippen MR) is 75.9 cm³/mol. The molecule has 2 saturated heterocycles. The van der Waals surface area contributed by atoms with Crippen molar-refractivity contribution in [3.05, 3.63) is 35.9 Å². The quantitative estimate of drug-likeness (QED) is 0.823. The Morgan fingerprint density at radius 1 is 1.16 bits per heavy atom. The maximum atomic E-state index is 6.35. The molecular weight excluding hydrogens is 236 g/mol. The van der Waals surface area contributed by atoms with Crippen molar-refractivity contribution in [2.75, 3.05) is 0 Å². The molecule has 104 valence electrons. The van der Waals surface area contributed by atoms with E-state index in [9.17, 15) is 0 Å². The molecule has 19 heavy (non-hydrogen) atoms. The molecule has 0 saturated carbocycles. The second-order valence-corrected chi connectivity index (χ2v) is 6.67. The van der Waals surface area contributed by atoms with Crippen LogP contribution in [0.3, 0.4) is 0 Å². The second kappa shape index (κ2) is 4.32. The second-order valence-electron chi connectivity index (χ2n) is 6.67. The van der Waals surface area contributed by atoms with Crippen LogP contribution in [0, 0.1) is 11.8 Å². The smallest absolute Gasteiger partial charge is 0.0952 e. The van der Waals surface area contributed by atoms with E-state index in [0.29, 0.717) is 18.4 Å². The van der Waals surface area contributed by atoms with E-state index >= 15 is 0 Å². The normalized spacial score (nSPS) is 44.7. The zero-order valence-corrected chi connectivity index (χ0v) is 12.3. The fourth-order valence-electron chi connectivity index (χ4n) is 3.87. The fraction of sp³-hybridized carbons (Fsp3) is 0.647. The Morgan fingerprint density at radius 3 is 2.42 bits per heavy atom. The molecule has 5 unspecified atom stereocenters. The standard InChI is InChI=1S/C17H24O2/c1-12-13(2)17(4)15(10-16(12,3)19-17)18-11-14-8-6-5-7-9-14/h5-9,12-13,15H,10-11H2,1-4H3. The van der Waals surface area contributed by atoms with Crippen LogP contribution < -0.4 is 0 Å². The Bertz CT molecular complexity index is 458. The SMILES string of the molecule is CC1C(C)C2(C)OC1(C)CC2OCc1ccccc1. The van der Waals surface area contributed by atoms with E-state index in [2.05, 4.69) is 52.0 Å². The minimum absolute atomic E-state index is 0.00444. The summed E-state index contributed by atoms with van der Waals surface area (Å²) in [4.78, 5) is 0. The van der Waals surface area contributed by atoms with E-state index in [-0.39, 0.29) is 17.3 Å². The van der Waals surface area contributed by atoms with Gasteiger partial charge in [-0.05, 0) is 31.2 Å². The van der Waals surface area contributed by atoms with Gasteiger partial charge in [0.25, 0.3) is 0 Å². The Morgan fingerprint density at radius 2 is 1.84 bits per heavy atom. The Labute approximate surface area is 116 Å². The zero-order valence-electron chi connectivity index (χ0n) is 12.3. The summed E-state index contributed by atoms with van der Waals surface area (Å²) in [6, 6.07) is 10.4. The molecule has 0 radical (unpaired) electrons. The lowest BCUT2D eigenvalue weighted by Crippen LogP contribution is -2.46. The first kappa shape index (κ1) is 13.1. The van der Waals surface area contributed by atoms with Gasteiger partial charge in [-0.3, -0.25) is 0 Å². The van der Waals surface area contributed by atoms with Gasteiger partial charge >= 0.3 is 0 Å². The van der Waals surface area contributed by atoms with E-state index in [1.807, 2.05) is 6.07 Å². The molecule has 2 fully saturated rings. The predicted octanol–water partition coefficient (Wildman–Crippen LogP) is 3.80. The van der Waals surface area contributed by atoms with Crippen LogP contribution in [0.25, 0.3) is 0 Å². The lowest BCUT2D eigenvalue weighted by molar-refractivity contribution is -0.0978. The van der Waals surface area contributed by atoms with Crippen molar-refractivity contribution in [2.24, 2.45) is 11.8 Å². The highest BCUT2D eigenvalue weighted by Gasteiger charge is 2.64. The Balaban J connectivity index is 1.71. The van der Waals surface area contributed by atoms with Gasteiger partial charge in [0.1, 0.15) is 0 Å². The number of ether oxygens (including phenoxy) is 2. The van der Waals surface area contributed by atoms with E-state index in [0.717, 1.165) is 6.42 Å². The molecule has 5 atom stereocenters. The maximum Gasteiger partial charge on any atom is 0.0952 e. The zero-order chi connectivity index (χ0) is 13.7. The van der Waals surface area contributed by atoms with Crippen LogP contribution in [-0.4, -0.2) is 17.3 Å². The monoisotopic (exact) mass is 260 g/mol. The highest BCUT2D eigenvalue weighted by atomic mass is 16.6. The summed E-state index contributed by atoms with van der Waals surface area (Å²) in [6.07, 6.45) is 1.23. The minimum Gasteiger partial charge on any atom is -0.370 e. The van der Waals surface area contributed by atoms with Crippen molar-refractivity contribution in [1.82, 2.24) is 0 Å². The molecule has 2 aliphatic rings. The molecule has 0 spiro atoms. The lowest BCUT2D eigenvalue weighted by Gasteiger charge is -2.38. The largest absolute Gasteiger partial charge is 0.370 e. The van der Waals surface area contributed by atoms with Gasteiger partial charge in [-0.15, -0.1) is 0 Å². The Hall–Kier alpha value is -0.860. The third-order valence-corrected chi connectivity index (χ3v) is 5.59. The first-order valence-electron chi connectivity index (χ1n) is 7.31. The van der Waals surface area contributed by atoms with Gasteiger partial charge in [-0.25, -0.2) is 0 Å². The topological polar surface area (TPSA) is 18.5 Å². The molecule has 2 heteroatoms. The highest BCUT2D eigenvalue weighted by molar-refractivity contribution is 5.16. The van der Waals surface area contributed by atoms with Gasteiger partial charge < -0.3 is 9.47 Å². The van der Waals surface area contributed by atoms with E-state index in [4.69, 9.17) is 9.47 Å². The summed E-state index contributed by atoms with van der Waals surface area (Å²) in [5, 5.41) is 0. The molecular formula is C17H24O2. The van der Waals surface area contributed by atoms with Crippen molar-refractivity contribution >= 4 is 0 Å².